The van der Waals surface area contributed by atoms with Crippen LogP contribution in [-0.4, -0.2) is 21.3 Å². The van der Waals surface area contributed by atoms with E-state index >= 15 is 0 Å². The third-order valence-corrected chi connectivity index (χ3v) is 3.20. The molecule has 0 aliphatic heterocycles. The van der Waals surface area contributed by atoms with Gasteiger partial charge in [-0.2, -0.15) is 5.10 Å². The van der Waals surface area contributed by atoms with Crippen molar-refractivity contribution in [2.24, 2.45) is 5.92 Å². The Labute approximate surface area is 101 Å². The fourth-order valence-corrected chi connectivity index (χ4v) is 2.22. The molecule has 1 heterocycles. The van der Waals surface area contributed by atoms with Crippen LogP contribution in [0.1, 0.15) is 12.6 Å². The molecule has 1 aromatic heterocycles. The molecular weight excluding hydrogens is 272 g/mol. The molecule has 0 aliphatic rings. The first kappa shape index (κ1) is 11.1. The SMILES string of the molecule is CC(Cc1[nH]nc2cccc(Br)c12)C(=O)O. The third kappa shape index (κ3) is 1.95. The first-order valence-electron chi connectivity index (χ1n) is 4.94. The van der Waals surface area contributed by atoms with Crippen molar-refractivity contribution < 1.29 is 9.90 Å². The lowest BCUT2D eigenvalue weighted by molar-refractivity contribution is -0.141. The van der Waals surface area contributed by atoms with Crippen molar-refractivity contribution in [1.29, 1.82) is 0 Å². The summed E-state index contributed by atoms with van der Waals surface area (Å²) in [7, 11) is 0. The standard InChI is InChI=1S/C11H11BrN2O2/c1-6(11(15)16)5-9-10-7(12)3-2-4-8(10)13-14-9/h2-4,6H,5H2,1H3,(H,13,14)(H,15,16). The second-order valence-electron chi connectivity index (χ2n) is 3.78. The van der Waals surface area contributed by atoms with E-state index in [4.69, 9.17) is 5.11 Å². The number of benzene rings is 1. The molecule has 0 radical (unpaired) electrons. The zero-order valence-electron chi connectivity index (χ0n) is 8.70. The highest BCUT2D eigenvalue weighted by Crippen LogP contribution is 2.26. The van der Waals surface area contributed by atoms with Gasteiger partial charge in [-0.25, -0.2) is 0 Å². The number of rotatable bonds is 3. The molecule has 1 unspecified atom stereocenters. The Morgan fingerprint density at radius 2 is 2.38 bits per heavy atom. The molecule has 0 aliphatic carbocycles. The van der Waals surface area contributed by atoms with Crippen LogP contribution in [0, 0.1) is 5.92 Å². The molecule has 2 rings (SSSR count). The van der Waals surface area contributed by atoms with Gasteiger partial charge in [-0.1, -0.05) is 28.9 Å². The maximum absolute atomic E-state index is 10.8. The second-order valence-corrected chi connectivity index (χ2v) is 4.63. The van der Waals surface area contributed by atoms with Crippen molar-refractivity contribution in [2.45, 2.75) is 13.3 Å². The van der Waals surface area contributed by atoms with Crippen LogP contribution in [0.3, 0.4) is 0 Å². The number of carboxylic acid groups (broad SMARTS) is 1. The van der Waals surface area contributed by atoms with Crippen LogP contribution in [-0.2, 0) is 11.2 Å². The van der Waals surface area contributed by atoms with Crippen molar-refractivity contribution >= 4 is 32.8 Å². The summed E-state index contributed by atoms with van der Waals surface area (Å²) >= 11 is 3.45. The number of aromatic nitrogens is 2. The summed E-state index contributed by atoms with van der Waals surface area (Å²) in [6, 6.07) is 5.72. The van der Waals surface area contributed by atoms with Crippen molar-refractivity contribution in [3.63, 3.8) is 0 Å². The molecule has 84 valence electrons. The number of aliphatic carboxylic acids is 1. The number of carbonyl (C=O) groups is 1. The minimum absolute atomic E-state index is 0.421. The van der Waals surface area contributed by atoms with Gasteiger partial charge >= 0.3 is 5.97 Å². The smallest absolute Gasteiger partial charge is 0.306 e. The fraction of sp³-hybridized carbons (Fsp3) is 0.273. The number of carboxylic acids is 1. The topological polar surface area (TPSA) is 66.0 Å². The second kappa shape index (κ2) is 4.25. The molecule has 0 amide bonds. The van der Waals surface area contributed by atoms with E-state index in [1.165, 1.54) is 0 Å². The monoisotopic (exact) mass is 282 g/mol. The van der Waals surface area contributed by atoms with E-state index in [1.54, 1.807) is 6.92 Å². The molecule has 0 fully saturated rings. The Hall–Kier alpha value is -1.36. The molecule has 4 nitrogen and oxygen atoms in total. The maximum Gasteiger partial charge on any atom is 0.306 e. The van der Waals surface area contributed by atoms with E-state index in [1.807, 2.05) is 18.2 Å². The zero-order valence-corrected chi connectivity index (χ0v) is 10.3. The highest BCUT2D eigenvalue weighted by molar-refractivity contribution is 9.10. The van der Waals surface area contributed by atoms with Crippen LogP contribution in [0.5, 0.6) is 0 Å². The first-order valence-corrected chi connectivity index (χ1v) is 5.73. The maximum atomic E-state index is 10.8. The van der Waals surface area contributed by atoms with Crippen molar-refractivity contribution in [1.82, 2.24) is 10.2 Å². The van der Waals surface area contributed by atoms with Gasteiger partial charge in [-0.05, 0) is 12.1 Å². The summed E-state index contributed by atoms with van der Waals surface area (Å²) in [6.07, 6.45) is 0.453. The summed E-state index contributed by atoms with van der Waals surface area (Å²) in [5, 5.41) is 16.9. The van der Waals surface area contributed by atoms with Crippen LogP contribution in [0.4, 0.5) is 0 Å². The number of hydrogen-bond acceptors (Lipinski definition) is 2. The van der Waals surface area contributed by atoms with E-state index in [0.717, 1.165) is 21.1 Å². The Morgan fingerprint density at radius 1 is 1.62 bits per heavy atom. The van der Waals surface area contributed by atoms with Crippen molar-refractivity contribution in [3.05, 3.63) is 28.4 Å². The van der Waals surface area contributed by atoms with E-state index < -0.39 is 11.9 Å². The van der Waals surface area contributed by atoms with E-state index in [2.05, 4.69) is 26.1 Å². The summed E-state index contributed by atoms with van der Waals surface area (Å²) in [6.45, 7) is 1.69. The van der Waals surface area contributed by atoms with E-state index in [9.17, 15) is 4.79 Å². The minimum atomic E-state index is -0.796. The van der Waals surface area contributed by atoms with E-state index in [0.29, 0.717) is 6.42 Å². The lowest BCUT2D eigenvalue weighted by Crippen LogP contribution is -2.12. The van der Waals surface area contributed by atoms with Gasteiger partial charge in [0.05, 0.1) is 11.4 Å². The zero-order chi connectivity index (χ0) is 11.7. The molecule has 0 bridgehead atoms. The van der Waals surface area contributed by atoms with E-state index in [-0.39, 0.29) is 0 Å². The Bertz CT molecular complexity index is 536. The predicted molar refractivity (Wildman–Crippen MR) is 64.3 cm³/mol. The van der Waals surface area contributed by atoms with Crippen LogP contribution < -0.4 is 0 Å². The quantitative estimate of drug-likeness (QED) is 0.909. The number of aromatic amines is 1. The summed E-state index contributed by atoms with van der Waals surface area (Å²) in [4.78, 5) is 10.8. The fourth-order valence-electron chi connectivity index (χ4n) is 1.63. The number of halogens is 1. The summed E-state index contributed by atoms with van der Waals surface area (Å²) in [5.74, 6) is -1.22. The minimum Gasteiger partial charge on any atom is -0.481 e. The van der Waals surface area contributed by atoms with Crippen molar-refractivity contribution in [2.75, 3.05) is 0 Å². The molecule has 5 heteroatoms. The Morgan fingerprint density at radius 3 is 3.06 bits per heavy atom. The summed E-state index contributed by atoms with van der Waals surface area (Å²) < 4.78 is 0.936. The molecule has 1 aromatic carbocycles. The van der Waals surface area contributed by atoms with Gasteiger partial charge in [0, 0.05) is 22.0 Å². The lowest BCUT2D eigenvalue weighted by atomic mass is 10.0. The number of H-pyrrole nitrogens is 1. The molecule has 0 spiro atoms. The van der Waals surface area contributed by atoms with Gasteiger partial charge in [0.2, 0.25) is 0 Å². The largest absolute Gasteiger partial charge is 0.481 e. The van der Waals surface area contributed by atoms with Gasteiger partial charge in [0.25, 0.3) is 0 Å². The number of nitrogens with one attached hydrogen (secondary N) is 1. The average molecular weight is 283 g/mol. The lowest BCUT2D eigenvalue weighted by Gasteiger charge is -2.04. The highest BCUT2D eigenvalue weighted by atomic mass is 79.9. The number of hydrogen-bond donors (Lipinski definition) is 2. The normalized spacial score (nSPS) is 12.9. The molecule has 16 heavy (non-hydrogen) atoms. The predicted octanol–water partition coefficient (Wildman–Crippen LogP) is 2.59. The van der Waals surface area contributed by atoms with Crippen LogP contribution in [0.2, 0.25) is 0 Å². The van der Waals surface area contributed by atoms with Gasteiger partial charge < -0.3 is 5.11 Å². The molecule has 0 saturated heterocycles. The van der Waals surface area contributed by atoms with Gasteiger partial charge in [-0.3, -0.25) is 9.89 Å². The molecule has 2 N–H and O–H groups in total. The van der Waals surface area contributed by atoms with Gasteiger partial charge in [0.1, 0.15) is 0 Å². The average Bonchev–Trinajstić information content (AvgIpc) is 2.63. The molecule has 1 atom stereocenters. The number of fused-ring (bicyclic) bond motifs is 1. The molecular formula is C11H11BrN2O2. The van der Waals surface area contributed by atoms with Crippen LogP contribution in [0.25, 0.3) is 10.9 Å². The Balaban J connectivity index is 2.42. The first-order chi connectivity index (χ1) is 7.59. The van der Waals surface area contributed by atoms with Crippen LogP contribution >= 0.6 is 15.9 Å². The molecule has 0 saturated carbocycles. The number of nitrogens with zero attached hydrogens (tertiary/aromatic N) is 1. The van der Waals surface area contributed by atoms with Gasteiger partial charge in [0.15, 0.2) is 0 Å². The van der Waals surface area contributed by atoms with Crippen LogP contribution in [0.15, 0.2) is 22.7 Å². The third-order valence-electron chi connectivity index (χ3n) is 2.54. The van der Waals surface area contributed by atoms with Gasteiger partial charge in [-0.15, -0.1) is 0 Å². The molecule has 2 aromatic rings. The van der Waals surface area contributed by atoms with Crippen molar-refractivity contribution in [3.8, 4) is 0 Å². The highest BCUT2D eigenvalue weighted by Gasteiger charge is 2.16. The Kier molecular flexibility index (Phi) is 2.96. The summed E-state index contributed by atoms with van der Waals surface area (Å²) in [5.41, 5.74) is 1.71.